The van der Waals surface area contributed by atoms with E-state index < -0.39 is 12.0 Å². The van der Waals surface area contributed by atoms with Crippen molar-refractivity contribution in [1.29, 1.82) is 0 Å². The van der Waals surface area contributed by atoms with Gasteiger partial charge in [0.15, 0.2) is 0 Å². The van der Waals surface area contributed by atoms with E-state index in [1.165, 1.54) is 11.1 Å². The SMILES string of the molecule is NCCOc1ccc(C[C@H](N)C(=O)O)c2c1CCC2. The van der Waals surface area contributed by atoms with Gasteiger partial charge < -0.3 is 21.3 Å². The van der Waals surface area contributed by atoms with Crippen molar-refractivity contribution in [2.24, 2.45) is 11.5 Å². The molecule has 0 amide bonds. The minimum atomic E-state index is -0.963. The first-order valence-electron chi connectivity index (χ1n) is 6.58. The smallest absolute Gasteiger partial charge is 0.320 e. The molecule has 2 rings (SSSR count). The molecule has 5 nitrogen and oxygen atoms in total. The van der Waals surface area contributed by atoms with Crippen LogP contribution >= 0.6 is 0 Å². The molecule has 104 valence electrons. The Morgan fingerprint density at radius 3 is 2.79 bits per heavy atom. The molecule has 0 aliphatic heterocycles. The lowest BCUT2D eigenvalue weighted by molar-refractivity contribution is -0.138. The number of carbonyl (C=O) groups is 1. The van der Waals surface area contributed by atoms with Crippen LogP contribution in [0.1, 0.15) is 23.1 Å². The highest BCUT2D eigenvalue weighted by atomic mass is 16.5. The molecule has 1 aromatic rings. The summed E-state index contributed by atoms with van der Waals surface area (Å²) in [4.78, 5) is 10.8. The number of aliphatic carboxylic acids is 1. The van der Waals surface area contributed by atoms with Crippen LogP contribution in [0.2, 0.25) is 0 Å². The number of fused-ring (bicyclic) bond motifs is 1. The summed E-state index contributed by atoms with van der Waals surface area (Å²) >= 11 is 0. The van der Waals surface area contributed by atoms with Crippen molar-refractivity contribution in [1.82, 2.24) is 0 Å². The van der Waals surface area contributed by atoms with Gasteiger partial charge in [0.25, 0.3) is 0 Å². The predicted octanol–water partition coefficient (Wildman–Crippen LogP) is 0.467. The molecule has 19 heavy (non-hydrogen) atoms. The molecule has 1 aromatic carbocycles. The lowest BCUT2D eigenvalue weighted by Crippen LogP contribution is -2.32. The third kappa shape index (κ3) is 3.05. The van der Waals surface area contributed by atoms with Crippen LogP contribution in [0.25, 0.3) is 0 Å². The van der Waals surface area contributed by atoms with Gasteiger partial charge in [-0.3, -0.25) is 4.79 Å². The predicted molar refractivity (Wildman–Crippen MR) is 72.3 cm³/mol. The number of hydrogen-bond acceptors (Lipinski definition) is 4. The summed E-state index contributed by atoms with van der Waals surface area (Å²) in [5.74, 6) is -0.0826. The lowest BCUT2D eigenvalue weighted by atomic mass is 9.97. The largest absolute Gasteiger partial charge is 0.492 e. The molecule has 0 unspecified atom stereocenters. The van der Waals surface area contributed by atoms with Gasteiger partial charge in [-0.1, -0.05) is 6.07 Å². The van der Waals surface area contributed by atoms with E-state index in [0.717, 1.165) is 30.6 Å². The summed E-state index contributed by atoms with van der Waals surface area (Å²) in [7, 11) is 0. The monoisotopic (exact) mass is 264 g/mol. The highest BCUT2D eigenvalue weighted by Gasteiger charge is 2.22. The van der Waals surface area contributed by atoms with E-state index in [2.05, 4.69) is 0 Å². The van der Waals surface area contributed by atoms with Gasteiger partial charge in [-0.2, -0.15) is 0 Å². The molecule has 0 saturated heterocycles. The highest BCUT2D eigenvalue weighted by molar-refractivity contribution is 5.73. The topological polar surface area (TPSA) is 98.6 Å². The fourth-order valence-electron chi connectivity index (χ4n) is 2.57. The Kier molecular flexibility index (Phi) is 4.39. The van der Waals surface area contributed by atoms with Crippen molar-refractivity contribution in [2.45, 2.75) is 31.7 Å². The first-order valence-corrected chi connectivity index (χ1v) is 6.58. The van der Waals surface area contributed by atoms with Crippen LogP contribution < -0.4 is 16.2 Å². The minimum absolute atomic E-state index is 0.370. The number of benzene rings is 1. The number of rotatable bonds is 6. The average molecular weight is 264 g/mol. The Balaban J connectivity index is 2.23. The van der Waals surface area contributed by atoms with Crippen LogP contribution in [0.4, 0.5) is 0 Å². The number of ether oxygens (including phenoxy) is 1. The third-order valence-corrected chi connectivity index (χ3v) is 3.47. The minimum Gasteiger partial charge on any atom is -0.492 e. The van der Waals surface area contributed by atoms with Crippen molar-refractivity contribution >= 4 is 5.97 Å². The molecule has 1 aliphatic rings. The van der Waals surface area contributed by atoms with E-state index >= 15 is 0 Å². The summed E-state index contributed by atoms with van der Waals surface area (Å²) in [6, 6.07) is 2.99. The second-order valence-electron chi connectivity index (χ2n) is 4.82. The number of hydrogen-bond donors (Lipinski definition) is 3. The van der Waals surface area contributed by atoms with E-state index in [-0.39, 0.29) is 0 Å². The molecule has 5 N–H and O–H groups in total. The van der Waals surface area contributed by atoms with Crippen LogP contribution in [0.5, 0.6) is 5.75 Å². The molecule has 0 spiro atoms. The van der Waals surface area contributed by atoms with Gasteiger partial charge in [0.2, 0.25) is 0 Å². The van der Waals surface area contributed by atoms with Gasteiger partial charge in [-0.25, -0.2) is 0 Å². The van der Waals surface area contributed by atoms with Crippen molar-refractivity contribution in [3.8, 4) is 5.75 Å². The van der Waals surface area contributed by atoms with Gasteiger partial charge >= 0.3 is 5.97 Å². The molecule has 0 heterocycles. The Morgan fingerprint density at radius 2 is 2.11 bits per heavy atom. The summed E-state index contributed by atoms with van der Waals surface area (Å²) in [6.45, 7) is 0.987. The Labute approximate surface area is 112 Å². The number of carboxylic acids is 1. The van der Waals surface area contributed by atoms with Gasteiger partial charge in [-0.05, 0) is 48.4 Å². The zero-order chi connectivity index (χ0) is 13.8. The Morgan fingerprint density at radius 1 is 1.37 bits per heavy atom. The summed E-state index contributed by atoms with van der Waals surface area (Å²) < 4.78 is 5.63. The number of nitrogens with two attached hydrogens (primary N) is 2. The molecular weight excluding hydrogens is 244 g/mol. The van der Waals surface area contributed by atoms with Crippen molar-refractivity contribution in [3.63, 3.8) is 0 Å². The van der Waals surface area contributed by atoms with Gasteiger partial charge in [0, 0.05) is 6.54 Å². The first kappa shape index (κ1) is 13.8. The maximum atomic E-state index is 10.8. The maximum Gasteiger partial charge on any atom is 0.320 e. The van der Waals surface area contributed by atoms with E-state index in [4.69, 9.17) is 21.3 Å². The molecule has 0 aromatic heterocycles. The van der Waals surface area contributed by atoms with Crippen molar-refractivity contribution in [2.75, 3.05) is 13.2 Å². The van der Waals surface area contributed by atoms with E-state index in [0.29, 0.717) is 19.6 Å². The molecule has 5 heteroatoms. The Bertz CT molecular complexity index is 474. The lowest BCUT2D eigenvalue weighted by Gasteiger charge is -2.15. The highest BCUT2D eigenvalue weighted by Crippen LogP contribution is 2.33. The summed E-state index contributed by atoms with van der Waals surface area (Å²) in [5, 5.41) is 8.90. The van der Waals surface area contributed by atoms with E-state index in [9.17, 15) is 4.79 Å². The molecule has 0 fully saturated rings. The third-order valence-electron chi connectivity index (χ3n) is 3.47. The molecule has 0 saturated carbocycles. The Hall–Kier alpha value is -1.59. The quantitative estimate of drug-likeness (QED) is 0.693. The van der Waals surface area contributed by atoms with Crippen LogP contribution in [-0.4, -0.2) is 30.3 Å². The zero-order valence-corrected chi connectivity index (χ0v) is 10.9. The van der Waals surface area contributed by atoms with Crippen LogP contribution in [-0.2, 0) is 24.1 Å². The van der Waals surface area contributed by atoms with Crippen LogP contribution in [0, 0.1) is 0 Å². The summed E-state index contributed by atoms with van der Waals surface area (Å²) in [5.41, 5.74) is 14.5. The maximum absolute atomic E-state index is 10.8. The van der Waals surface area contributed by atoms with Crippen molar-refractivity contribution < 1.29 is 14.6 Å². The average Bonchev–Trinajstić information content (AvgIpc) is 2.87. The number of carboxylic acid groups (broad SMARTS) is 1. The molecule has 1 aliphatic carbocycles. The molecular formula is C14H20N2O3. The normalized spacial score (nSPS) is 15.1. The van der Waals surface area contributed by atoms with Crippen LogP contribution in [0.15, 0.2) is 12.1 Å². The standard InChI is InChI=1S/C14H20N2O3/c15-6-7-19-13-5-4-9(8-12(16)14(17)18)10-2-1-3-11(10)13/h4-5,12H,1-3,6-8,15-16H2,(H,17,18)/t12-/m0/s1. The molecule has 0 bridgehead atoms. The summed E-state index contributed by atoms with van der Waals surface area (Å²) in [6.07, 6.45) is 3.39. The fraction of sp³-hybridized carbons (Fsp3) is 0.500. The fourth-order valence-corrected chi connectivity index (χ4v) is 2.57. The van der Waals surface area contributed by atoms with Gasteiger partial charge in [0.05, 0.1) is 0 Å². The first-order chi connectivity index (χ1) is 9.13. The van der Waals surface area contributed by atoms with Crippen molar-refractivity contribution in [3.05, 3.63) is 28.8 Å². The second-order valence-corrected chi connectivity index (χ2v) is 4.82. The van der Waals surface area contributed by atoms with E-state index in [1.54, 1.807) is 0 Å². The molecule has 0 radical (unpaired) electrons. The second kappa shape index (κ2) is 6.04. The van der Waals surface area contributed by atoms with Gasteiger partial charge in [0.1, 0.15) is 18.4 Å². The van der Waals surface area contributed by atoms with Crippen LogP contribution in [0.3, 0.4) is 0 Å². The van der Waals surface area contributed by atoms with Gasteiger partial charge in [-0.15, -0.1) is 0 Å². The zero-order valence-electron chi connectivity index (χ0n) is 10.9. The molecule has 1 atom stereocenters. The van der Waals surface area contributed by atoms with E-state index in [1.807, 2.05) is 12.1 Å².